The lowest BCUT2D eigenvalue weighted by Gasteiger charge is -2.44. The number of hydrogen-bond donors (Lipinski definition) is 1. The van der Waals surface area contributed by atoms with Gasteiger partial charge in [-0.2, -0.15) is 13.2 Å². The van der Waals surface area contributed by atoms with Crippen LogP contribution < -0.4 is 5.32 Å². The van der Waals surface area contributed by atoms with Gasteiger partial charge in [0.25, 0.3) is 0 Å². The van der Waals surface area contributed by atoms with Crippen LogP contribution in [-0.2, 0) is 17.3 Å². The van der Waals surface area contributed by atoms with Gasteiger partial charge in [0.15, 0.2) is 0 Å². The molecule has 6 rings (SSSR count). The van der Waals surface area contributed by atoms with E-state index in [9.17, 15) is 18.0 Å². The average molecular weight is 493 g/mol. The quantitative estimate of drug-likeness (QED) is 0.534. The predicted molar refractivity (Wildman–Crippen MR) is 125 cm³/mol. The van der Waals surface area contributed by atoms with Crippen molar-refractivity contribution in [3.05, 3.63) is 58.1 Å². The zero-order chi connectivity index (χ0) is 24.3. The smallest absolute Gasteiger partial charge is 0.417 e. The van der Waals surface area contributed by atoms with E-state index in [1.54, 1.807) is 12.1 Å². The second-order valence-corrected chi connectivity index (χ2v) is 10.8. The lowest BCUT2D eigenvalue weighted by Crippen LogP contribution is -2.53. The van der Waals surface area contributed by atoms with Crippen molar-refractivity contribution in [3.63, 3.8) is 0 Å². The summed E-state index contributed by atoms with van der Waals surface area (Å²) < 4.78 is 45.8. The van der Waals surface area contributed by atoms with Crippen molar-refractivity contribution in [2.24, 2.45) is 11.3 Å². The molecule has 0 saturated carbocycles. The van der Waals surface area contributed by atoms with E-state index in [2.05, 4.69) is 24.1 Å². The van der Waals surface area contributed by atoms with Crippen molar-refractivity contribution < 1.29 is 22.7 Å². The van der Waals surface area contributed by atoms with Crippen LogP contribution in [0.3, 0.4) is 0 Å². The molecule has 1 amide bonds. The molecule has 1 unspecified atom stereocenters. The third-order valence-electron chi connectivity index (χ3n) is 7.61. The third kappa shape index (κ3) is 4.29. The Bertz CT molecular complexity index is 1110. The van der Waals surface area contributed by atoms with E-state index < -0.39 is 17.8 Å². The fraction of sp³-hybridized carbons (Fsp3) is 0.500. The number of nitrogens with zero attached hydrogens (tertiary/aromatic N) is 1. The Kier molecular flexibility index (Phi) is 5.84. The van der Waals surface area contributed by atoms with Gasteiger partial charge in [0, 0.05) is 12.1 Å². The molecule has 1 N–H and O–H groups in total. The average Bonchev–Trinajstić information content (AvgIpc) is 3.02. The van der Waals surface area contributed by atoms with E-state index >= 15 is 0 Å². The fourth-order valence-corrected chi connectivity index (χ4v) is 6.14. The van der Waals surface area contributed by atoms with E-state index in [4.69, 9.17) is 16.3 Å². The summed E-state index contributed by atoms with van der Waals surface area (Å²) in [6, 6.07) is 9.25. The van der Waals surface area contributed by atoms with Crippen LogP contribution in [0.15, 0.2) is 36.4 Å². The predicted octanol–water partition coefficient (Wildman–Crippen LogP) is 6.47. The van der Waals surface area contributed by atoms with Crippen molar-refractivity contribution in [1.82, 2.24) is 10.2 Å². The first-order chi connectivity index (χ1) is 16.0. The van der Waals surface area contributed by atoms with Crippen molar-refractivity contribution in [2.75, 3.05) is 19.6 Å². The normalized spacial score (nSPS) is 27.4. The van der Waals surface area contributed by atoms with E-state index in [0.29, 0.717) is 23.5 Å². The van der Waals surface area contributed by atoms with Crippen molar-refractivity contribution in [3.8, 4) is 11.1 Å². The van der Waals surface area contributed by atoms with Gasteiger partial charge < -0.3 is 10.1 Å². The van der Waals surface area contributed by atoms with Crippen LogP contribution in [0, 0.1) is 11.3 Å². The maximum absolute atomic E-state index is 13.3. The number of carbonyl (C=O) groups excluding carboxylic acids is 1. The molecule has 2 atom stereocenters. The van der Waals surface area contributed by atoms with Gasteiger partial charge in [0.1, 0.15) is 6.10 Å². The number of piperidine rings is 3. The molecule has 4 aliphatic rings. The number of nitrogens with one attached hydrogen (secondary N) is 1. The van der Waals surface area contributed by atoms with Gasteiger partial charge in [0.05, 0.1) is 16.6 Å². The summed E-state index contributed by atoms with van der Waals surface area (Å²) in [4.78, 5) is 15.2. The highest BCUT2D eigenvalue weighted by Crippen LogP contribution is 2.47. The molecule has 3 saturated heterocycles. The lowest BCUT2D eigenvalue weighted by atomic mass is 9.85. The zero-order valence-corrected chi connectivity index (χ0v) is 20.0. The van der Waals surface area contributed by atoms with Crippen LogP contribution in [0.2, 0.25) is 5.02 Å². The second kappa shape index (κ2) is 8.45. The van der Waals surface area contributed by atoms with Crippen LogP contribution in [0.5, 0.6) is 0 Å². The molecule has 2 aromatic rings. The molecule has 2 bridgehead atoms. The van der Waals surface area contributed by atoms with Crippen molar-refractivity contribution in [2.45, 2.75) is 51.4 Å². The Morgan fingerprint density at radius 3 is 2.56 bits per heavy atom. The highest BCUT2D eigenvalue weighted by atomic mass is 35.5. The number of hydrogen-bond acceptors (Lipinski definition) is 3. The van der Waals surface area contributed by atoms with E-state index in [0.717, 1.165) is 49.7 Å². The molecule has 3 aliphatic heterocycles. The number of carbonyl (C=O) groups is 1. The van der Waals surface area contributed by atoms with Crippen LogP contribution in [0.4, 0.5) is 18.0 Å². The summed E-state index contributed by atoms with van der Waals surface area (Å²) in [6.45, 7) is 7.09. The number of fused-ring (bicyclic) bond motifs is 4. The monoisotopic (exact) mass is 492 g/mol. The summed E-state index contributed by atoms with van der Waals surface area (Å²) in [6.07, 6.45) is -2.19. The maximum atomic E-state index is 13.3. The third-order valence-corrected chi connectivity index (χ3v) is 8.02. The Morgan fingerprint density at radius 2 is 1.91 bits per heavy atom. The first-order valence-electron chi connectivity index (χ1n) is 11.7. The molecular formula is C26H28ClF3N2O2. The topological polar surface area (TPSA) is 41.6 Å². The van der Waals surface area contributed by atoms with Gasteiger partial charge in [-0.15, -0.1) is 0 Å². The molecular weight excluding hydrogens is 465 g/mol. The lowest BCUT2D eigenvalue weighted by molar-refractivity contribution is -0.137. The molecule has 2 aromatic carbocycles. The molecule has 8 heteroatoms. The first-order valence-corrected chi connectivity index (χ1v) is 12.1. The molecule has 182 valence electrons. The summed E-state index contributed by atoms with van der Waals surface area (Å²) in [7, 11) is 0. The van der Waals surface area contributed by atoms with Gasteiger partial charge in [-0.3, -0.25) is 4.90 Å². The van der Waals surface area contributed by atoms with Crippen LogP contribution >= 0.6 is 11.6 Å². The Balaban J connectivity index is 1.37. The fourth-order valence-electron chi connectivity index (χ4n) is 5.80. The minimum absolute atomic E-state index is 0.0723. The summed E-state index contributed by atoms with van der Waals surface area (Å²) in [5.74, 6) is 0.430. The van der Waals surface area contributed by atoms with E-state index in [-0.39, 0.29) is 22.6 Å². The van der Waals surface area contributed by atoms with Gasteiger partial charge in [-0.25, -0.2) is 4.79 Å². The molecule has 3 heterocycles. The molecule has 3 fully saturated rings. The minimum Gasteiger partial charge on any atom is -0.445 e. The van der Waals surface area contributed by atoms with Crippen LogP contribution in [0.1, 0.15) is 49.4 Å². The molecule has 0 spiro atoms. The number of alkyl halides is 3. The highest BCUT2D eigenvalue weighted by molar-refractivity contribution is 6.34. The first kappa shape index (κ1) is 23.5. The number of halogens is 4. The highest BCUT2D eigenvalue weighted by Gasteiger charge is 2.42. The summed E-state index contributed by atoms with van der Waals surface area (Å²) in [5, 5.41) is 2.77. The number of rotatable bonds is 3. The van der Waals surface area contributed by atoms with Crippen LogP contribution in [0.25, 0.3) is 11.1 Å². The van der Waals surface area contributed by atoms with Crippen molar-refractivity contribution >= 4 is 17.7 Å². The van der Waals surface area contributed by atoms with E-state index in [1.807, 2.05) is 12.1 Å². The maximum Gasteiger partial charge on any atom is 0.417 e. The SMILES string of the molecule is CC1(C)Cc2cc(-c3cccc(C(F)(F)F)c3Cl)ccc2C1NC(=O)O[C@@H]1CN2CCC1CC2. The Hall–Kier alpha value is -2.25. The standard InChI is InChI=1S/C26H28ClF3N2O2/c1-25(2)13-17-12-16(18-4-3-5-20(22(18)27)26(28,29)30)6-7-19(17)23(25)31-24(33)34-21-14-32-10-8-15(21)9-11-32/h3-7,12,15,21,23H,8-11,13-14H2,1-2H3,(H,31,33)/t21-,23?/m1/s1. The Labute approximate surface area is 202 Å². The minimum atomic E-state index is -4.52. The summed E-state index contributed by atoms with van der Waals surface area (Å²) >= 11 is 6.15. The molecule has 1 aliphatic carbocycles. The number of benzene rings is 2. The molecule has 0 aromatic heterocycles. The molecule has 4 nitrogen and oxygen atoms in total. The van der Waals surface area contributed by atoms with Gasteiger partial charge in [0.2, 0.25) is 0 Å². The molecule has 0 radical (unpaired) electrons. The number of alkyl carbamates (subject to hydrolysis) is 1. The Morgan fingerprint density at radius 1 is 1.18 bits per heavy atom. The van der Waals surface area contributed by atoms with Gasteiger partial charge >= 0.3 is 12.3 Å². The zero-order valence-electron chi connectivity index (χ0n) is 19.2. The number of ether oxygens (including phenoxy) is 1. The molecule has 34 heavy (non-hydrogen) atoms. The van der Waals surface area contributed by atoms with Crippen molar-refractivity contribution in [1.29, 1.82) is 0 Å². The largest absolute Gasteiger partial charge is 0.445 e. The van der Waals surface area contributed by atoms with E-state index in [1.165, 1.54) is 6.07 Å². The van der Waals surface area contributed by atoms with Gasteiger partial charge in [-0.05, 0) is 66.4 Å². The van der Waals surface area contributed by atoms with Crippen LogP contribution in [-0.4, -0.2) is 36.7 Å². The second-order valence-electron chi connectivity index (χ2n) is 10.4. The number of amides is 1. The van der Waals surface area contributed by atoms with Gasteiger partial charge in [-0.1, -0.05) is 55.8 Å². The summed E-state index contributed by atoms with van der Waals surface area (Å²) in [5.41, 5.74) is 1.80.